The first-order valence-corrected chi connectivity index (χ1v) is 20.5. The summed E-state index contributed by atoms with van der Waals surface area (Å²) in [6, 6.07) is 31.8. The summed E-state index contributed by atoms with van der Waals surface area (Å²) in [5.41, 5.74) is 5.78. The van der Waals surface area contributed by atoms with Crippen molar-refractivity contribution in [2.24, 2.45) is 0 Å². The van der Waals surface area contributed by atoms with Crippen LogP contribution in [0, 0.1) is 0 Å². The van der Waals surface area contributed by atoms with Crippen molar-refractivity contribution in [3.05, 3.63) is 97.1 Å². The molecule has 9 rings (SSSR count). The first-order chi connectivity index (χ1) is 20.8. The molecule has 2 radical (unpaired) electrons. The number of fused-ring (bicyclic) bond motifs is 20. The first kappa shape index (κ1) is 25.3. The Balaban J connectivity index is 0.00000131. The van der Waals surface area contributed by atoms with Crippen LogP contribution in [0.3, 0.4) is 0 Å². The number of aromatic nitrogens is 8. The number of hydrogen-bond donors (Lipinski definition) is 0. The summed E-state index contributed by atoms with van der Waals surface area (Å²) in [5.74, 6) is 2.21. The second-order valence-corrected chi connectivity index (χ2v) is 9.67. The van der Waals surface area contributed by atoms with Crippen molar-refractivity contribution < 1.29 is 0 Å². The Hall–Kier alpha value is -4.39. The van der Waals surface area contributed by atoms with Gasteiger partial charge in [0, 0.05) is 44.8 Å². The van der Waals surface area contributed by atoms with Crippen LogP contribution in [0.25, 0.3) is 89.7 Å². The maximum absolute atomic E-state index is 4.95. The van der Waals surface area contributed by atoms with Crippen molar-refractivity contribution in [3.63, 3.8) is 0 Å². The average molecular weight is 709 g/mol. The molecule has 196 valence electrons. The van der Waals surface area contributed by atoms with Crippen LogP contribution in [-0.4, -0.2) is 45.0 Å². The van der Waals surface area contributed by atoms with Crippen molar-refractivity contribution in [1.82, 2.24) is 39.9 Å². The maximum atomic E-state index is 4.95. The molecular weight excluding hydrogens is 693 g/mol. The van der Waals surface area contributed by atoms with Crippen LogP contribution in [0.4, 0.5) is 0 Å². The summed E-state index contributed by atoms with van der Waals surface area (Å²) in [5, 5.41) is 3.57. The van der Waals surface area contributed by atoms with E-state index >= 15 is 0 Å². The predicted octanol–water partition coefficient (Wildman–Crippen LogP) is 6.63. The molecule has 0 spiro atoms. The van der Waals surface area contributed by atoms with E-state index in [4.69, 9.17) is 39.9 Å². The zero-order valence-corrected chi connectivity index (χ0v) is 26.4. The summed E-state index contributed by atoms with van der Waals surface area (Å²) in [4.78, 5) is 39.3. The number of hydrogen-bond acceptors (Lipinski definition) is 6. The summed E-state index contributed by atoms with van der Waals surface area (Å²) < 4.78 is 0. The first-order valence-electron chi connectivity index (χ1n) is 13.1. The smallest absolute Gasteiger partial charge is 0.0927 e. The van der Waals surface area contributed by atoms with Gasteiger partial charge in [0.2, 0.25) is 0 Å². The largest absolute Gasteiger partial charge is 0.357 e. The second-order valence-electron chi connectivity index (χ2n) is 9.67. The Morgan fingerprint density at radius 3 is 0.857 bits per heavy atom. The minimum Gasteiger partial charge on any atom is -0.357 e. The SMILES string of the molecule is [Ga][I].c1ccc2c(c1)-c1nc-2nc2[n-]c(nc3nc(nc4[n-]c(n1)c1ccccc41)-c1ccccc1-3)c1ccccc21. The topological polar surface area (TPSA) is 106 Å². The van der Waals surface area contributed by atoms with Gasteiger partial charge in [-0.3, -0.25) is 0 Å². The normalized spacial score (nSPS) is 11.5. The Labute approximate surface area is 259 Å². The van der Waals surface area contributed by atoms with Crippen LogP contribution in [0.5, 0.6) is 0 Å². The molecule has 3 aromatic heterocycles. The van der Waals surface area contributed by atoms with Crippen molar-refractivity contribution in [1.29, 1.82) is 0 Å². The Bertz CT molecular complexity index is 2040. The Morgan fingerprint density at radius 2 is 0.595 bits per heavy atom. The van der Waals surface area contributed by atoms with E-state index in [1.54, 1.807) is 15.1 Å². The Kier molecular flexibility index (Phi) is 6.12. The molecular formula is C32H16GaIN8-2. The number of benzene rings is 4. The number of halogens is 1. The monoisotopic (exact) mass is 708 g/mol. The Morgan fingerprint density at radius 1 is 0.357 bits per heavy atom. The van der Waals surface area contributed by atoms with Crippen molar-refractivity contribution >= 4 is 78.9 Å². The van der Waals surface area contributed by atoms with E-state index in [9.17, 15) is 0 Å². The molecule has 5 heterocycles. The van der Waals surface area contributed by atoms with Gasteiger partial charge < -0.3 is 29.9 Å². The van der Waals surface area contributed by atoms with Gasteiger partial charge >= 0.3 is 34.7 Å². The molecule has 0 unspecified atom stereocenters. The maximum Gasteiger partial charge on any atom is 0.0927 e. The molecule has 0 amide bonds. The molecule has 8 bridgehead atoms. The van der Waals surface area contributed by atoms with E-state index in [0.29, 0.717) is 45.9 Å². The third kappa shape index (κ3) is 3.97. The van der Waals surface area contributed by atoms with Crippen molar-refractivity contribution in [2.75, 3.05) is 0 Å². The van der Waals surface area contributed by atoms with Gasteiger partial charge in [0.05, 0.1) is 23.3 Å². The zero-order chi connectivity index (χ0) is 28.2. The second kappa shape index (κ2) is 10.2. The van der Waals surface area contributed by atoms with Gasteiger partial charge in [-0.05, 0) is 21.5 Å². The fraction of sp³-hybridized carbons (Fsp3) is 0. The van der Waals surface area contributed by atoms with Crippen LogP contribution in [0.2, 0.25) is 0 Å². The molecule has 2 aliphatic heterocycles. The molecule has 0 aliphatic carbocycles. The molecule has 8 nitrogen and oxygen atoms in total. The van der Waals surface area contributed by atoms with Crippen LogP contribution >= 0.6 is 19.7 Å². The van der Waals surface area contributed by atoms with Crippen LogP contribution < -0.4 is 9.97 Å². The van der Waals surface area contributed by atoms with E-state index in [1.807, 2.05) is 97.1 Å². The predicted molar refractivity (Wildman–Crippen MR) is 174 cm³/mol. The molecule has 0 N–H and O–H groups in total. The standard InChI is InChI=1S/C32H16N8.Ga.HI/c1-2-10-18-17(9-1)25-33-26(18)38-28-21-13-5-6-14-22(21)30(35-28)40-32-24-16-8-7-15-23(24)31(36-32)39-29-20-12-4-3-11-19(20)27(34-29)37-25;;/h1-16H;;1H/q-2;+1;/p-1. The van der Waals surface area contributed by atoms with Crippen molar-refractivity contribution in [3.8, 4) is 45.6 Å². The molecule has 7 aromatic rings. The summed E-state index contributed by atoms with van der Waals surface area (Å²) in [6.07, 6.45) is 0. The van der Waals surface area contributed by atoms with E-state index < -0.39 is 0 Å². The van der Waals surface area contributed by atoms with Gasteiger partial charge in [-0.25, -0.2) is 9.97 Å². The molecule has 2 aliphatic rings. The summed E-state index contributed by atoms with van der Waals surface area (Å²) in [7, 11) is 0. The van der Waals surface area contributed by atoms with Gasteiger partial charge in [0.15, 0.2) is 0 Å². The van der Waals surface area contributed by atoms with E-state index in [2.05, 4.69) is 19.7 Å². The quantitative estimate of drug-likeness (QED) is 0.128. The molecule has 10 heteroatoms. The number of rotatable bonds is 0. The number of nitrogens with zero attached hydrogens (tertiary/aromatic N) is 8. The molecule has 0 saturated heterocycles. The fourth-order valence-corrected chi connectivity index (χ4v) is 5.46. The molecule has 0 fully saturated rings. The van der Waals surface area contributed by atoms with Crippen molar-refractivity contribution in [2.45, 2.75) is 0 Å². The van der Waals surface area contributed by atoms with E-state index in [-0.39, 0.29) is 0 Å². The molecule has 42 heavy (non-hydrogen) atoms. The van der Waals surface area contributed by atoms with Gasteiger partial charge in [-0.2, -0.15) is 0 Å². The van der Waals surface area contributed by atoms with Gasteiger partial charge in [-0.1, -0.05) is 97.1 Å². The third-order valence-electron chi connectivity index (χ3n) is 7.33. The molecule has 0 saturated carbocycles. The van der Waals surface area contributed by atoms with E-state index in [0.717, 1.165) is 43.8 Å². The minimum absolute atomic E-state index is 0.552. The van der Waals surface area contributed by atoms with Crippen LogP contribution in [0.1, 0.15) is 0 Å². The summed E-state index contributed by atoms with van der Waals surface area (Å²) >= 11 is 3.87. The van der Waals surface area contributed by atoms with Gasteiger partial charge in [0.25, 0.3) is 0 Å². The molecule has 0 atom stereocenters. The van der Waals surface area contributed by atoms with Gasteiger partial charge in [0.1, 0.15) is 0 Å². The average Bonchev–Trinajstić information content (AvgIpc) is 3.78. The van der Waals surface area contributed by atoms with Crippen LogP contribution in [0.15, 0.2) is 97.1 Å². The fourth-order valence-electron chi connectivity index (χ4n) is 5.46. The zero-order valence-electron chi connectivity index (χ0n) is 21.8. The minimum atomic E-state index is 0.552. The summed E-state index contributed by atoms with van der Waals surface area (Å²) in [6.45, 7) is 0. The van der Waals surface area contributed by atoms with Crippen LogP contribution in [-0.2, 0) is 0 Å². The third-order valence-corrected chi connectivity index (χ3v) is 7.33. The molecule has 4 aromatic carbocycles. The van der Waals surface area contributed by atoms with Gasteiger partial charge in [-0.15, -0.1) is 0 Å². The van der Waals surface area contributed by atoms with E-state index in [1.165, 1.54) is 0 Å².